The molecule has 1 saturated heterocycles. The highest BCUT2D eigenvalue weighted by Crippen LogP contribution is 2.37. The molecule has 2 aliphatic rings. The van der Waals surface area contributed by atoms with Crippen molar-refractivity contribution in [2.24, 2.45) is 0 Å². The van der Waals surface area contributed by atoms with Gasteiger partial charge in [-0.15, -0.1) is 0 Å². The van der Waals surface area contributed by atoms with Crippen molar-refractivity contribution in [2.75, 3.05) is 36.0 Å². The summed E-state index contributed by atoms with van der Waals surface area (Å²) in [5.41, 5.74) is 0.705. The van der Waals surface area contributed by atoms with Crippen molar-refractivity contribution in [3.63, 3.8) is 0 Å². The van der Waals surface area contributed by atoms with Crippen LogP contribution in [0.4, 0.5) is 15.9 Å². The summed E-state index contributed by atoms with van der Waals surface area (Å²) in [5.74, 6) is -1.24. The van der Waals surface area contributed by atoms with E-state index >= 15 is 4.39 Å². The average molecular weight is 592 g/mol. The van der Waals surface area contributed by atoms with Crippen LogP contribution in [-0.4, -0.2) is 64.1 Å². The number of hydrogen-bond donors (Lipinski definition) is 3. The van der Waals surface area contributed by atoms with E-state index in [1.165, 1.54) is 6.20 Å². The Balaban J connectivity index is 1.36. The molecule has 3 heterocycles. The summed E-state index contributed by atoms with van der Waals surface area (Å²) in [6, 6.07) is 14.3. The van der Waals surface area contributed by atoms with Gasteiger partial charge in [-0.25, -0.2) is 14.2 Å². The first-order chi connectivity index (χ1) is 20.3. The second kappa shape index (κ2) is 11.7. The molecule has 218 valence electrons. The minimum Gasteiger partial charge on any atom is -0.477 e. The van der Waals surface area contributed by atoms with E-state index in [2.05, 4.69) is 15.2 Å². The van der Waals surface area contributed by atoms with Gasteiger partial charge < -0.3 is 29.9 Å². The lowest BCUT2D eigenvalue weighted by molar-refractivity contribution is 0.0695. The number of halogens is 2. The van der Waals surface area contributed by atoms with E-state index < -0.39 is 22.8 Å². The molecule has 0 amide bonds. The van der Waals surface area contributed by atoms with E-state index in [1.54, 1.807) is 10.8 Å². The van der Waals surface area contributed by atoms with E-state index in [4.69, 9.17) is 11.6 Å². The van der Waals surface area contributed by atoms with Crippen LogP contribution in [0.1, 0.15) is 35.2 Å². The average Bonchev–Trinajstić information content (AvgIpc) is 3.42. The van der Waals surface area contributed by atoms with Crippen LogP contribution in [-0.2, 0) is 6.54 Å². The minimum atomic E-state index is -1.40. The number of aliphatic hydroxyl groups excluding tert-OH is 1. The topological polar surface area (TPSA) is 111 Å². The van der Waals surface area contributed by atoms with E-state index in [1.807, 2.05) is 47.4 Å². The fourth-order valence-corrected chi connectivity index (χ4v) is 6.36. The highest BCUT2D eigenvalue weighted by Gasteiger charge is 2.27. The van der Waals surface area contributed by atoms with Crippen LogP contribution < -0.4 is 20.5 Å². The Bertz CT molecular complexity index is 1670. The number of pyridine rings is 2. The fourth-order valence-electron chi connectivity index (χ4n) is 5.95. The summed E-state index contributed by atoms with van der Waals surface area (Å²) in [6.45, 7) is 2.72. The number of nitrogens with one attached hydrogen (secondary N) is 1. The van der Waals surface area contributed by atoms with Crippen LogP contribution in [0, 0.1) is 5.82 Å². The minimum absolute atomic E-state index is 0.0475. The number of aromatic nitrogens is 2. The van der Waals surface area contributed by atoms with Gasteiger partial charge in [0.2, 0.25) is 5.43 Å². The Hall–Kier alpha value is -3.99. The summed E-state index contributed by atoms with van der Waals surface area (Å²) in [6.07, 6.45) is 5.35. The molecule has 2 aromatic heterocycles. The van der Waals surface area contributed by atoms with Gasteiger partial charge in [0.25, 0.3) is 0 Å². The van der Waals surface area contributed by atoms with Gasteiger partial charge in [-0.3, -0.25) is 4.79 Å². The maximum Gasteiger partial charge on any atom is 0.341 e. The molecule has 0 spiro atoms. The largest absolute Gasteiger partial charge is 0.477 e. The van der Waals surface area contributed by atoms with Gasteiger partial charge >= 0.3 is 5.97 Å². The molecule has 2 fully saturated rings. The molecule has 4 aromatic rings. The molecule has 0 radical (unpaired) electrons. The Labute approximate surface area is 246 Å². The lowest BCUT2D eigenvalue weighted by atomic mass is 10.1. The SMILES string of the molecule is O=C(O)c1cn(-c2ccc(CNC3CCC[C@@H]3O)cc2)c2c(Cl)c(N3CCN(c4ccccn4)CC3)c(F)cc2c1=O. The molecule has 1 unspecified atom stereocenters. The normalized spacial score (nSPS) is 19.0. The van der Waals surface area contributed by atoms with Crippen LogP contribution in [0.5, 0.6) is 0 Å². The standard InChI is InChI=1S/C31H31ClFN5O4/c32-27-28-21(16-23(33)29(27)37-14-12-36(13-15-37)26-6-1-2-11-34-26)30(40)22(31(41)42)18-38(28)20-9-7-19(8-10-20)17-35-24-4-3-5-25(24)39/h1-2,6-11,16,18,24-25,35,39H,3-5,12-15,17H2,(H,41,42)/t24?,25-/m0/s1. The van der Waals surface area contributed by atoms with Crippen molar-refractivity contribution < 1.29 is 19.4 Å². The second-order valence-electron chi connectivity index (χ2n) is 10.8. The fraction of sp³-hybridized carbons (Fsp3) is 0.323. The molecule has 6 rings (SSSR count). The summed E-state index contributed by atoms with van der Waals surface area (Å²) >= 11 is 6.91. The van der Waals surface area contributed by atoms with Crippen molar-refractivity contribution in [3.05, 3.63) is 93.1 Å². The Morgan fingerprint density at radius 2 is 1.81 bits per heavy atom. The first-order valence-corrected chi connectivity index (χ1v) is 14.4. The van der Waals surface area contributed by atoms with Crippen molar-refractivity contribution >= 4 is 40.0 Å². The molecule has 11 heteroatoms. The van der Waals surface area contributed by atoms with E-state index in [0.29, 0.717) is 38.4 Å². The molecule has 2 aromatic carbocycles. The van der Waals surface area contributed by atoms with Crippen LogP contribution in [0.25, 0.3) is 16.6 Å². The zero-order valence-corrected chi connectivity index (χ0v) is 23.6. The number of benzene rings is 2. The summed E-state index contributed by atoms with van der Waals surface area (Å²) in [5, 5.41) is 23.2. The number of aliphatic hydroxyl groups is 1. The van der Waals surface area contributed by atoms with E-state index in [-0.39, 0.29) is 33.8 Å². The number of nitrogens with zero attached hydrogens (tertiary/aromatic N) is 4. The van der Waals surface area contributed by atoms with Gasteiger partial charge in [0, 0.05) is 56.8 Å². The summed E-state index contributed by atoms with van der Waals surface area (Å²) < 4.78 is 17.2. The zero-order valence-electron chi connectivity index (χ0n) is 22.8. The van der Waals surface area contributed by atoms with Gasteiger partial charge in [0.1, 0.15) is 17.2 Å². The van der Waals surface area contributed by atoms with Crippen molar-refractivity contribution in [2.45, 2.75) is 38.0 Å². The molecule has 0 bridgehead atoms. The molecule has 9 nitrogen and oxygen atoms in total. The predicted molar refractivity (Wildman–Crippen MR) is 161 cm³/mol. The number of piperazine rings is 1. The quantitative estimate of drug-likeness (QED) is 0.293. The smallest absolute Gasteiger partial charge is 0.341 e. The summed E-state index contributed by atoms with van der Waals surface area (Å²) in [4.78, 5) is 33.5. The lowest BCUT2D eigenvalue weighted by Gasteiger charge is -2.37. The number of hydrogen-bond acceptors (Lipinski definition) is 7. The predicted octanol–water partition coefficient (Wildman–Crippen LogP) is 4.21. The van der Waals surface area contributed by atoms with Crippen LogP contribution in [0.15, 0.2) is 65.7 Å². The van der Waals surface area contributed by atoms with Gasteiger partial charge in [0.05, 0.1) is 27.7 Å². The Kier molecular flexibility index (Phi) is 7.85. The summed E-state index contributed by atoms with van der Waals surface area (Å²) in [7, 11) is 0. The maximum atomic E-state index is 15.7. The first-order valence-electron chi connectivity index (χ1n) is 14.0. The van der Waals surface area contributed by atoms with Crippen molar-refractivity contribution in [3.8, 4) is 5.69 Å². The first kappa shape index (κ1) is 28.1. The number of rotatable bonds is 7. The molecule has 1 aliphatic carbocycles. The molecule has 1 saturated carbocycles. The number of fused-ring (bicyclic) bond motifs is 1. The molecular weight excluding hydrogens is 561 g/mol. The molecule has 3 N–H and O–H groups in total. The molecule has 1 aliphatic heterocycles. The van der Waals surface area contributed by atoms with Crippen LogP contribution >= 0.6 is 11.6 Å². The second-order valence-corrected chi connectivity index (χ2v) is 11.2. The Morgan fingerprint density at radius 3 is 2.45 bits per heavy atom. The zero-order chi connectivity index (χ0) is 29.4. The highest BCUT2D eigenvalue weighted by atomic mass is 35.5. The van der Waals surface area contributed by atoms with Crippen LogP contribution in [0.2, 0.25) is 5.02 Å². The van der Waals surface area contributed by atoms with Gasteiger partial charge in [-0.1, -0.05) is 29.8 Å². The number of aromatic carboxylic acids is 1. The number of carboxylic acid groups (broad SMARTS) is 1. The molecule has 42 heavy (non-hydrogen) atoms. The van der Waals surface area contributed by atoms with E-state index in [9.17, 15) is 19.8 Å². The number of carboxylic acids is 1. The Morgan fingerprint density at radius 1 is 1.07 bits per heavy atom. The molecule has 2 atom stereocenters. The highest BCUT2D eigenvalue weighted by molar-refractivity contribution is 6.38. The molecular formula is C31H31ClFN5O4. The third kappa shape index (κ3) is 5.33. The third-order valence-corrected chi connectivity index (χ3v) is 8.58. The van der Waals surface area contributed by atoms with Crippen molar-refractivity contribution in [1.82, 2.24) is 14.9 Å². The van der Waals surface area contributed by atoms with Crippen LogP contribution in [0.3, 0.4) is 0 Å². The van der Waals surface area contributed by atoms with E-state index in [0.717, 1.165) is 36.7 Å². The number of anilines is 2. The maximum absolute atomic E-state index is 15.7. The number of carbonyl (C=O) groups is 1. The van der Waals surface area contributed by atoms with Gasteiger partial charge in [-0.05, 0) is 55.2 Å². The monoisotopic (exact) mass is 591 g/mol. The lowest BCUT2D eigenvalue weighted by Crippen LogP contribution is -2.47. The van der Waals surface area contributed by atoms with Crippen molar-refractivity contribution in [1.29, 1.82) is 0 Å². The van der Waals surface area contributed by atoms with Gasteiger partial charge in [0.15, 0.2) is 0 Å². The third-order valence-electron chi connectivity index (χ3n) is 8.22. The van der Waals surface area contributed by atoms with Gasteiger partial charge in [-0.2, -0.15) is 0 Å².